The van der Waals surface area contributed by atoms with E-state index >= 15 is 0 Å². The lowest BCUT2D eigenvalue weighted by atomic mass is 10.1. The number of halogens is 5. The van der Waals surface area contributed by atoms with Crippen molar-refractivity contribution in [3.63, 3.8) is 0 Å². The van der Waals surface area contributed by atoms with Crippen molar-refractivity contribution < 1.29 is 22.8 Å². The average molecular weight is 430 g/mol. The van der Waals surface area contributed by atoms with Gasteiger partial charge in [-0.25, -0.2) is 4.98 Å². The summed E-state index contributed by atoms with van der Waals surface area (Å²) in [5.74, 6) is -2.47. The van der Waals surface area contributed by atoms with Crippen LogP contribution in [0.25, 0.3) is 11.0 Å². The van der Waals surface area contributed by atoms with E-state index in [2.05, 4.69) is 10.3 Å². The number of benzene rings is 2. The molecule has 0 saturated carbocycles. The van der Waals surface area contributed by atoms with E-state index in [1.165, 1.54) is 37.3 Å². The number of alkyl halides is 3. The molecule has 2 aromatic carbocycles. The lowest BCUT2D eigenvalue weighted by Crippen LogP contribution is -2.17. The number of Topliss-reactive ketones (excluding diaryl/α,β-unsaturated/α-hetero) is 1. The Morgan fingerprint density at radius 3 is 2.29 bits per heavy atom. The molecular weight excluding hydrogens is 418 g/mol. The van der Waals surface area contributed by atoms with E-state index < -0.39 is 30.2 Å². The minimum absolute atomic E-state index is 0.0143. The Hall–Kier alpha value is -2.58. The van der Waals surface area contributed by atoms with Crippen LogP contribution in [-0.2, 0) is 17.5 Å². The number of para-hydroxylation sites is 2. The fourth-order valence-electron chi connectivity index (χ4n) is 2.73. The predicted octanol–water partition coefficient (Wildman–Crippen LogP) is 5.20. The summed E-state index contributed by atoms with van der Waals surface area (Å²) in [7, 11) is 0. The molecule has 28 heavy (non-hydrogen) atoms. The molecule has 3 aromatic rings. The molecule has 5 nitrogen and oxygen atoms in total. The van der Waals surface area contributed by atoms with Gasteiger partial charge in [0.25, 0.3) is 5.91 Å². The lowest BCUT2D eigenvalue weighted by molar-refractivity contribution is -0.147. The van der Waals surface area contributed by atoms with Crippen molar-refractivity contribution in [3.8, 4) is 0 Å². The van der Waals surface area contributed by atoms with Gasteiger partial charge < -0.3 is 9.88 Å². The molecule has 0 unspecified atom stereocenters. The second kappa shape index (κ2) is 7.44. The molecule has 146 valence electrons. The zero-order valence-electron chi connectivity index (χ0n) is 14.3. The van der Waals surface area contributed by atoms with E-state index in [4.69, 9.17) is 23.2 Å². The van der Waals surface area contributed by atoms with Gasteiger partial charge in [-0.3, -0.25) is 9.59 Å². The van der Waals surface area contributed by atoms with Gasteiger partial charge in [-0.05, 0) is 31.2 Å². The highest BCUT2D eigenvalue weighted by molar-refractivity contribution is 6.40. The fraction of sp³-hybridized carbons (Fsp3) is 0.167. The first kappa shape index (κ1) is 20.2. The van der Waals surface area contributed by atoms with Crippen molar-refractivity contribution in [3.05, 3.63) is 57.8 Å². The molecule has 10 heteroatoms. The molecule has 0 aliphatic rings. The maximum Gasteiger partial charge on any atom is 0.449 e. The van der Waals surface area contributed by atoms with Crippen LogP contribution in [0.4, 0.5) is 18.9 Å². The zero-order chi connectivity index (χ0) is 20.6. The second-order valence-electron chi connectivity index (χ2n) is 5.95. The van der Waals surface area contributed by atoms with Crippen LogP contribution < -0.4 is 5.32 Å². The first-order valence-electron chi connectivity index (χ1n) is 7.91. The van der Waals surface area contributed by atoms with Crippen molar-refractivity contribution in [2.24, 2.45) is 0 Å². The number of rotatable bonds is 4. The third kappa shape index (κ3) is 3.83. The summed E-state index contributed by atoms with van der Waals surface area (Å²) in [5, 5.41) is 2.84. The zero-order valence-corrected chi connectivity index (χ0v) is 15.8. The van der Waals surface area contributed by atoms with E-state index in [0.717, 1.165) is 4.57 Å². The Kier molecular flexibility index (Phi) is 5.36. The second-order valence-corrected chi connectivity index (χ2v) is 6.76. The van der Waals surface area contributed by atoms with Gasteiger partial charge in [0.15, 0.2) is 0 Å². The van der Waals surface area contributed by atoms with Crippen molar-refractivity contribution in [1.29, 1.82) is 0 Å². The van der Waals surface area contributed by atoms with Crippen LogP contribution in [0, 0.1) is 0 Å². The number of nitrogens with one attached hydrogen (secondary N) is 1. The van der Waals surface area contributed by atoms with Crippen LogP contribution in [0.3, 0.4) is 0 Å². The average Bonchev–Trinajstić information content (AvgIpc) is 2.96. The number of nitrogens with zero attached hydrogens (tertiary/aromatic N) is 2. The predicted molar refractivity (Wildman–Crippen MR) is 99.8 cm³/mol. The van der Waals surface area contributed by atoms with Gasteiger partial charge in [-0.15, -0.1) is 0 Å². The summed E-state index contributed by atoms with van der Waals surface area (Å²) in [6.45, 7) is 0.648. The maximum atomic E-state index is 13.4. The van der Waals surface area contributed by atoms with E-state index in [1.54, 1.807) is 6.07 Å². The van der Waals surface area contributed by atoms with Gasteiger partial charge in [0.2, 0.25) is 5.82 Å². The van der Waals surface area contributed by atoms with Crippen LogP contribution in [0.2, 0.25) is 10.0 Å². The van der Waals surface area contributed by atoms with Crippen LogP contribution in [0.1, 0.15) is 23.1 Å². The van der Waals surface area contributed by atoms with Crippen LogP contribution in [0.5, 0.6) is 0 Å². The van der Waals surface area contributed by atoms with Crippen LogP contribution >= 0.6 is 23.2 Å². The number of amides is 1. The Balaban J connectivity index is 2.13. The van der Waals surface area contributed by atoms with Crippen molar-refractivity contribution in [1.82, 2.24) is 9.55 Å². The largest absolute Gasteiger partial charge is 0.449 e. The number of hydrogen-bond donors (Lipinski definition) is 1. The first-order chi connectivity index (χ1) is 13.1. The highest BCUT2D eigenvalue weighted by Gasteiger charge is 2.38. The van der Waals surface area contributed by atoms with E-state index in [1.807, 2.05) is 0 Å². The molecular formula is C18H12Cl2F3N3O2. The molecule has 0 fully saturated rings. The number of ketones is 1. The van der Waals surface area contributed by atoms with Crippen LogP contribution in [-0.4, -0.2) is 21.2 Å². The Labute approximate surface area is 167 Å². The third-order valence-corrected chi connectivity index (χ3v) is 4.49. The molecule has 0 radical (unpaired) electrons. The Bertz CT molecular complexity index is 1070. The SMILES string of the molecule is CC(=O)Cn1c(C(F)(F)F)nc2c(C(=O)Nc3c(Cl)cccc3Cl)cccc21. The van der Waals surface area contributed by atoms with Gasteiger partial charge in [-0.2, -0.15) is 13.2 Å². The first-order valence-corrected chi connectivity index (χ1v) is 8.66. The molecule has 0 aliphatic heterocycles. The summed E-state index contributed by atoms with van der Waals surface area (Å²) in [6.07, 6.45) is -4.80. The monoisotopic (exact) mass is 429 g/mol. The van der Waals surface area contributed by atoms with E-state index in [-0.39, 0.29) is 32.3 Å². The summed E-state index contributed by atoms with van der Waals surface area (Å²) < 4.78 is 40.9. The number of fused-ring (bicyclic) bond motifs is 1. The Morgan fingerprint density at radius 2 is 1.71 bits per heavy atom. The molecule has 1 aromatic heterocycles. The number of carbonyl (C=O) groups is 2. The summed E-state index contributed by atoms with van der Waals surface area (Å²) in [4.78, 5) is 27.7. The molecule has 0 aliphatic carbocycles. The fourth-order valence-corrected chi connectivity index (χ4v) is 3.22. The van der Waals surface area contributed by atoms with Crippen molar-refractivity contribution >= 4 is 51.6 Å². The summed E-state index contributed by atoms with van der Waals surface area (Å²) in [6, 6.07) is 8.69. The van der Waals surface area contributed by atoms with Crippen molar-refractivity contribution in [2.75, 3.05) is 5.32 Å². The van der Waals surface area contributed by atoms with Crippen molar-refractivity contribution in [2.45, 2.75) is 19.6 Å². The molecule has 0 atom stereocenters. The van der Waals surface area contributed by atoms with E-state index in [9.17, 15) is 22.8 Å². The summed E-state index contributed by atoms with van der Waals surface area (Å²) in [5.41, 5.74) is -0.148. The Morgan fingerprint density at radius 1 is 1.11 bits per heavy atom. The minimum Gasteiger partial charge on any atom is -0.319 e. The van der Waals surface area contributed by atoms with Crippen LogP contribution in [0.15, 0.2) is 36.4 Å². The van der Waals surface area contributed by atoms with Gasteiger partial charge in [0, 0.05) is 0 Å². The normalized spacial score (nSPS) is 11.6. The molecule has 1 heterocycles. The highest BCUT2D eigenvalue weighted by Crippen LogP contribution is 2.34. The topological polar surface area (TPSA) is 64.0 Å². The molecule has 0 saturated heterocycles. The van der Waals surface area contributed by atoms with Gasteiger partial charge in [-0.1, -0.05) is 35.3 Å². The number of aromatic nitrogens is 2. The quantitative estimate of drug-likeness (QED) is 0.619. The number of anilines is 1. The standard InChI is InChI=1S/C18H12Cl2F3N3O2/c1-9(27)8-26-13-7-2-4-10(14(13)25-17(26)18(21,22)23)16(28)24-15-11(19)5-3-6-12(15)20/h2-7H,8H2,1H3,(H,24,28). The summed E-state index contributed by atoms with van der Waals surface area (Å²) >= 11 is 12.0. The number of carbonyl (C=O) groups excluding carboxylic acids is 2. The lowest BCUT2D eigenvalue weighted by Gasteiger charge is -2.10. The number of imidazole rings is 1. The highest BCUT2D eigenvalue weighted by atomic mass is 35.5. The minimum atomic E-state index is -4.80. The molecule has 1 N–H and O–H groups in total. The number of hydrogen-bond acceptors (Lipinski definition) is 3. The van der Waals surface area contributed by atoms with E-state index in [0.29, 0.717) is 0 Å². The maximum absolute atomic E-state index is 13.4. The molecule has 0 spiro atoms. The van der Waals surface area contributed by atoms with Gasteiger partial charge in [0.1, 0.15) is 11.3 Å². The third-order valence-electron chi connectivity index (χ3n) is 3.86. The molecule has 0 bridgehead atoms. The van der Waals surface area contributed by atoms with Gasteiger partial charge >= 0.3 is 6.18 Å². The smallest absolute Gasteiger partial charge is 0.319 e. The van der Waals surface area contributed by atoms with Gasteiger partial charge in [0.05, 0.1) is 33.4 Å². The molecule has 1 amide bonds. The molecule has 3 rings (SSSR count).